The van der Waals surface area contributed by atoms with Crippen LogP contribution in [-0.4, -0.2) is 66.3 Å². The first-order chi connectivity index (χ1) is 6.38. The van der Waals surface area contributed by atoms with Gasteiger partial charge in [-0.15, -0.1) is 11.6 Å². The van der Waals surface area contributed by atoms with Gasteiger partial charge in [-0.1, -0.05) is 0 Å². The number of halogens is 1. The van der Waals surface area contributed by atoms with Gasteiger partial charge in [-0.3, -0.25) is 20.2 Å². The number of urea groups is 1. The SMILES string of the molecule is O=C1NC(=O)C(S(=O)(=O)CCl)C(=O)N1.[Na]. The summed E-state index contributed by atoms with van der Waals surface area (Å²) < 4.78 is 22.2. The van der Waals surface area contributed by atoms with Crippen molar-refractivity contribution in [3.8, 4) is 0 Å². The van der Waals surface area contributed by atoms with E-state index in [1.165, 1.54) is 0 Å². The number of carbonyl (C=O) groups is 3. The summed E-state index contributed by atoms with van der Waals surface area (Å²) in [5.74, 6) is -2.36. The Bertz CT molecular complexity index is 388. The van der Waals surface area contributed by atoms with Crippen LogP contribution >= 0.6 is 11.6 Å². The van der Waals surface area contributed by atoms with E-state index in [4.69, 9.17) is 11.6 Å². The summed E-state index contributed by atoms with van der Waals surface area (Å²) in [6.45, 7) is 0. The van der Waals surface area contributed by atoms with E-state index in [2.05, 4.69) is 0 Å². The second-order valence-corrected chi connectivity index (χ2v) is 5.13. The summed E-state index contributed by atoms with van der Waals surface area (Å²) in [7, 11) is -4.05. The Balaban J connectivity index is 0.00000196. The summed E-state index contributed by atoms with van der Waals surface area (Å²) >= 11 is 5.06. The molecule has 0 aliphatic carbocycles. The smallest absolute Gasteiger partial charge is 0.276 e. The van der Waals surface area contributed by atoms with Crippen LogP contribution < -0.4 is 10.6 Å². The molecule has 0 saturated carbocycles. The normalized spacial score (nSPS) is 17.8. The quantitative estimate of drug-likeness (QED) is 0.339. The molecule has 0 aromatic carbocycles. The van der Waals surface area contributed by atoms with Gasteiger partial charge < -0.3 is 0 Å². The number of imide groups is 2. The minimum atomic E-state index is -4.05. The first-order valence-electron chi connectivity index (χ1n) is 3.31. The zero-order valence-electron chi connectivity index (χ0n) is 7.61. The van der Waals surface area contributed by atoms with Crippen LogP contribution in [0.1, 0.15) is 0 Å². The van der Waals surface area contributed by atoms with Crippen molar-refractivity contribution >= 4 is 68.8 Å². The molecule has 0 aromatic heterocycles. The third kappa shape index (κ3) is 3.15. The molecule has 0 unspecified atom stereocenters. The molecule has 1 rings (SSSR count). The van der Waals surface area contributed by atoms with Crippen LogP contribution in [0.4, 0.5) is 4.79 Å². The van der Waals surface area contributed by atoms with Crippen LogP contribution in [0.15, 0.2) is 0 Å². The molecule has 1 aliphatic rings. The Morgan fingerprint density at radius 2 is 1.53 bits per heavy atom. The predicted molar refractivity (Wildman–Crippen MR) is 50.9 cm³/mol. The van der Waals surface area contributed by atoms with Crippen molar-refractivity contribution < 1.29 is 22.8 Å². The summed E-state index contributed by atoms with van der Waals surface area (Å²) in [5, 5.41) is 0.490. The molecule has 2 N–H and O–H groups in total. The van der Waals surface area contributed by atoms with E-state index in [-0.39, 0.29) is 29.6 Å². The standard InChI is InChI=1S/C5H5ClN2O5S.Na/c6-1-14(12,13)2-3(9)7-5(11)8-4(2)10;/h2H,1H2,(H2,7,8,9,10,11);. The molecular weight excluding hydrogens is 259 g/mol. The van der Waals surface area contributed by atoms with Gasteiger partial charge in [0.25, 0.3) is 11.8 Å². The average molecular weight is 264 g/mol. The molecular formula is C5H5ClN2NaO5S. The Morgan fingerprint density at radius 1 is 1.13 bits per heavy atom. The van der Waals surface area contributed by atoms with E-state index in [0.717, 1.165) is 0 Å². The molecule has 1 saturated heterocycles. The predicted octanol–water partition coefficient (Wildman–Crippen LogP) is -2.05. The van der Waals surface area contributed by atoms with Gasteiger partial charge in [-0.25, -0.2) is 13.2 Å². The van der Waals surface area contributed by atoms with Crippen LogP contribution in [0.25, 0.3) is 0 Å². The summed E-state index contributed by atoms with van der Waals surface area (Å²) in [6.07, 6.45) is 0. The van der Waals surface area contributed by atoms with E-state index in [9.17, 15) is 22.8 Å². The number of amides is 4. The number of nitrogens with one attached hydrogen (secondary N) is 2. The van der Waals surface area contributed by atoms with Gasteiger partial charge in [0.05, 0.1) is 0 Å². The molecule has 1 aliphatic heterocycles. The molecule has 7 nitrogen and oxygen atoms in total. The van der Waals surface area contributed by atoms with Gasteiger partial charge >= 0.3 is 6.03 Å². The Labute approximate surface area is 112 Å². The summed E-state index contributed by atoms with van der Waals surface area (Å²) in [5.41, 5.74) is 0. The fraction of sp³-hybridized carbons (Fsp3) is 0.400. The van der Waals surface area contributed by atoms with Crippen molar-refractivity contribution in [1.82, 2.24) is 10.6 Å². The molecule has 1 heterocycles. The van der Waals surface area contributed by atoms with Crippen LogP contribution in [0.2, 0.25) is 0 Å². The number of barbiturate groups is 1. The van der Waals surface area contributed by atoms with Crippen LogP contribution in [0.5, 0.6) is 0 Å². The van der Waals surface area contributed by atoms with E-state index in [0.29, 0.717) is 0 Å². The Kier molecular flexibility index (Phi) is 5.21. The molecule has 79 valence electrons. The first kappa shape index (κ1) is 14.8. The van der Waals surface area contributed by atoms with E-state index in [1.807, 2.05) is 0 Å². The van der Waals surface area contributed by atoms with Crippen molar-refractivity contribution in [3.05, 3.63) is 0 Å². The van der Waals surface area contributed by atoms with E-state index >= 15 is 0 Å². The summed E-state index contributed by atoms with van der Waals surface area (Å²) in [6, 6.07) is -1.04. The fourth-order valence-corrected chi connectivity index (χ4v) is 2.17. The third-order valence-electron chi connectivity index (χ3n) is 1.46. The Hall–Kier alpha value is -0.150. The maximum atomic E-state index is 11.1. The second kappa shape index (κ2) is 5.26. The molecule has 1 radical (unpaired) electrons. The largest absolute Gasteiger partial charge is 0.328 e. The molecule has 10 heteroatoms. The van der Waals surface area contributed by atoms with Gasteiger partial charge in [0.15, 0.2) is 9.84 Å². The van der Waals surface area contributed by atoms with E-state index in [1.54, 1.807) is 10.6 Å². The maximum absolute atomic E-state index is 11.1. The number of hydrogen-bond acceptors (Lipinski definition) is 5. The summed E-state index contributed by atoms with van der Waals surface area (Å²) in [4.78, 5) is 32.5. The van der Waals surface area contributed by atoms with Crippen molar-refractivity contribution in [1.29, 1.82) is 0 Å². The van der Waals surface area contributed by atoms with Crippen LogP contribution in [0.3, 0.4) is 0 Å². The minimum absolute atomic E-state index is 0. The maximum Gasteiger partial charge on any atom is 0.328 e. The number of hydrogen-bond donors (Lipinski definition) is 2. The second-order valence-electron chi connectivity index (χ2n) is 2.46. The van der Waals surface area contributed by atoms with Crippen molar-refractivity contribution in [3.63, 3.8) is 0 Å². The van der Waals surface area contributed by atoms with E-state index < -0.39 is 38.1 Å². The topological polar surface area (TPSA) is 109 Å². The van der Waals surface area contributed by atoms with Crippen LogP contribution in [0, 0.1) is 0 Å². The number of rotatable bonds is 2. The molecule has 15 heavy (non-hydrogen) atoms. The van der Waals surface area contributed by atoms with Crippen molar-refractivity contribution in [2.45, 2.75) is 5.25 Å². The molecule has 1 fully saturated rings. The number of sulfone groups is 1. The Morgan fingerprint density at radius 3 is 1.87 bits per heavy atom. The monoisotopic (exact) mass is 263 g/mol. The van der Waals surface area contributed by atoms with Gasteiger partial charge in [-0.05, 0) is 0 Å². The van der Waals surface area contributed by atoms with Gasteiger partial charge in [-0.2, -0.15) is 0 Å². The number of carbonyl (C=O) groups excluding carboxylic acids is 3. The first-order valence-corrected chi connectivity index (χ1v) is 5.56. The average Bonchev–Trinajstić information content (AvgIpc) is 2.01. The van der Waals surface area contributed by atoms with Gasteiger partial charge in [0.2, 0.25) is 5.25 Å². The fourth-order valence-electron chi connectivity index (χ4n) is 0.894. The van der Waals surface area contributed by atoms with Crippen molar-refractivity contribution in [2.24, 2.45) is 0 Å². The van der Waals surface area contributed by atoms with Gasteiger partial charge in [0, 0.05) is 29.6 Å². The molecule has 0 aromatic rings. The molecule has 0 spiro atoms. The zero-order chi connectivity index (χ0) is 10.9. The molecule has 4 amide bonds. The van der Waals surface area contributed by atoms with Crippen LogP contribution in [-0.2, 0) is 19.4 Å². The zero-order valence-corrected chi connectivity index (χ0v) is 11.2. The number of alkyl halides is 1. The third-order valence-corrected chi connectivity index (χ3v) is 3.82. The van der Waals surface area contributed by atoms with Gasteiger partial charge in [0.1, 0.15) is 5.21 Å². The minimum Gasteiger partial charge on any atom is -0.276 e. The molecule has 0 atom stereocenters. The van der Waals surface area contributed by atoms with Crippen molar-refractivity contribution in [2.75, 3.05) is 5.21 Å². The molecule has 0 bridgehead atoms.